The summed E-state index contributed by atoms with van der Waals surface area (Å²) in [7, 11) is 0. The molecule has 1 aromatic heterocycles. The molecule has 4 nitrogen and oxygen atoms in total. The van der Waals surface area contributed by atoms with Crippen molar-refractivity contribution < 1.29 is 14.3 Å². The molecule has 0 spiro atoms. The molecule has 1 rings (SSSR count). The van der Waals surface area contributed by atoms with Crippen molar-refractivity contribution in [3.05, 3.63) is 29.6 Å². The molecule has 1 atom stereocenters. The SMILES string of the molecule is CCOC[C@@H](C)OC(=O)c1cccc(C)n1. The van der Waals surface area contributed by atoms with Crippen molar-refractivity contribution in [1.82, 2.24) is 4.98 Å². The summed E-state index contributed by atoms with van der Waals surface area (Å²) in [4.78, 5) is 15.7. The lowest BCUT2D eigenvalue weighted by Crippen LogP contribution is -2.21. The van der Waals surface area contributed by atoms with Crippen molar-refractivity contribution in [2.24, 2.45) is 0 Å². The van der Waals surface area contributed by atoms with Crippen LogP contribution in [-0.4, -0.2) is 30.3 Å². The van der Waals surface area contributed by atoms with E-state index in [1.807, 2.05) is 19.9 Å². The van der Waals surface area contributed by atoms with Crippen LogP contribution in [-0.2, 0) is 9.47 Å². The predicted octanol–water partition coefficient (Wildman–Crippen LogP) is 1.97. The number of nitrogens with zero attached hydrogens (tertiary/aromatic N) is 1. The molecule has 0 amide bonds. The highest BCUT2D eigenvalue weighted by Gasteiger charge is 2.13. The lowest BCUT2D eigenvalue weighted by atomic mass is 10.3. The Morgan fingerprint density at radius 1 is 1.50 bits per heavy atom. The van der Waals surface area contributed by atoms with E-state index in [0.717, 1.165) is 5.69 Å². The maximum Gasteiger partial charge on any atom is 0.357 e. The number of hydrogen-bond acceptors (Lipinski definition) is 4. The van der Waals surface area contributed by atoms with Crippen LogP contribution in [0.5, 0.6) is 0 Å². The van der Waals surface area contributed by atoms with Gasteiger partial charge in [-0.1, -0.05) is 6.07 Å². The molecule has 0 saturated heterocycles. The first-order chi connectivity index (χ1) is 7.63. The molecular weight excluding hydrogens is 206 g/mol. The maximum atomic E-state index is 11.6. The van der Waals surface area contributed by atoms with Crippen LogP contribution in [0, 0.1) is 6.92 Å². The first-order valence-electron chi connectivity index (χ1n) is 5.36. The number of esters is 1. The van der Waals surface area contributed by atoms with Crippen molar-refractivity contribution in [3.8, 4) is 0 Å². The Labute approximate surface area is 95.6 Å². The van der Waals surface area contributed by atoms with Crippen LogP contribution in [0.25, 0.3) is 0 Å². The summed E-state index contributed by atoms with van der Waals surface area (Å²) in [6.07, 6.45) is -0.255. The summed E-state index contributed by atoms with van der Waals surface area (Å²) in [6.45, 7) is 6.55. The number of carbonyl (C=O) groups is 1. The standard InChI is InChI=1S/C12H17NO3/c1-4-15-8-10(3)16-12(14)11-7-5-6-9(2)13-11/h5-7,10H,4,8H2,1-3H3/t10-/m1/s1. The average Bonchev–Trinajstić information content (AvgIpc) is 2.26. The average molecular weight is 223 g/mol. The summed E-state index contributed by atoms with van der Waals surface area (Å²) in [6, 6.07) is 5.26. The van der Waals surface area contributed by atoms with Gasteiger partial charge < -0.3 is 9.47 Å². The van der Waals surface area contributed by atoms with Crippen molar-refractivity contribution in [2.75, 3.05) is 13.2 Å². The smallest absolute Gasteiger partial charge is 0.357 e. The zero-order valence-corrected chi connectivity index (χ0v) is 9.90. The molecule has 0 radical (unpaired) electrons. The first-order valence-corrected chi connectivity index (χ1v) is 5.36. The van der Waals surface area contributed by atoms with E-state index in [1.165, 1.54) is 0 Å². The molecule has 0 aliphatic heterocycles. The minimum Gasteiger partial charge on any atom is -0.455 e. The molecule has 0 bridgehead atoms. The second-order valence-electron chi connectivity index (χ2n) is 3.54. The number of rotatable bonds is 5. The van der Waals surface area contributed by atoms with Gasteiger partial charge in [-0.05, 0) is 32.9 Å². The van der Waals surface area contributed by atoms with Crippen molar-refractivity contribution in [1.29, 1.82) is 0 Å². The van der Waals surface area contributed by atoms with Gasteiger partial charge in [0.25, 0.3) is 0 Å². The third-order valence-corrected chi connectivity index (χ3v) is 1.96. The molecule has 0 aliphatic rings. The molecular formula is C12H17NO3. The largest absolute Gasteiger partial charge is 0.455 e. The van der Waals surface area contributed by atoms with Gasteiger partial charge in [0.05, 0.1) is 6.61 Å². The van der Waals surface area contributed by atoms with Crippen LogP contribution in [0.1, 0.15) is 30.0 Å². The molecule has 0 aromatic carbocycles. The Bertz CT molecular complexity index is 352. The highest BCUT2D eigenvalue weighted by molar-refractivity contribution is 5.87. The Kier molecular flexibility index (Phi) is 4.92. The van der Waals surface area contributed by atoms with E-state index >= 15 is 0 Å². The number of carbonyl (C=O) groups excluding carboxylic acids is 1. The number of pyridine rings is 1. The highest BCUT2D eigenvalue weighted by atomic mass is 16.6. The summed E-state index contributed by atoms with van der Waals surface area (Å²) in [5.74, 6) is -0.407. The molecule has 0 unspecified atom stereocenters. The lowest BCUT2D eigenvalue weighted by Gasteiger charge is -2.12. The Morgan fingerprint density at radius 3 is 2.88 bits per heavy atom. The predicted molar refractivity (Wildman–Crippen MR) is 60.3 cm³/mol. The van der Waals surface area contributed by atoms with Crippen LogP contribution in [0.15, 0.2) is 18.2 Å². The van der Waals surface area contributed by atoms with E-state index in [4.69, 9.17) is 9.47 Å². The zero-order valence-electron chi connectivity index (χ0n) is 9.90. The molecule has 4 heteroatoms. The van der Waals surface area contributed by atoms with E-state index in [1.54, 1.807) is 19.1 Å². The Hall–Kier alpha value is -1.42. The van der Waals surface area contributed by atoms with Gasteiger partial charge in [0.2, 0.25) is 0 Å². The third kappa shape index (κ3) is 3.98. The fraction of sp³-hybridized carbons (Fsp3) is 0.500. The van der Waals surface area contributed by atoms with Crippen molar-refractivity contribution in [3.63, 3.8) is 0 Å². The van der Waals surface area contributed by atoms with Crippen LogP contribution in [0.3, 0.4) is 0 Å². The normalized spacial score (nSPS) is 12.2. The number of aryl methyl sites for hydroxylation is 1. The van der Waals surface area contributed by atoms with E-state index in [-0.39, 0.29) is 6.10 Å². The van der Waals surface area contributed by atoms with Crippen LogP contribution >= 0.6 is 0 Å². The Morgan fingerprint density at radius 2 is 2.25 bits per heavy atom. The minimum atomic E-state index is -0.407. The number of hydrogen-bond donors (Lipinski definition) is 0. The third-order valence-electron chi connectivity index (χ3n) is 1.96. The summed E-state index contributed by atoms with van der Waals surface area (Å²) < 4.78 is 10.3. The molecule has 88 valence electrons. The minimum absolute atomic E-state index is 0.255. The summed E-state index contributed by atoms with van der Waals surface area (Å²) in [5.41, 5.74) is 1.13. The quantitative estimate of drug-likeness (QED) is 0.716. The van der Waals surface area contributed by atoms with E-state index in [2.05, 4.69) is 4.98 Å². The van der Waals surface area contributed by atoms with Gasteiger partial charge in [-0.2, -0.15) is 0 Å². The monoisotopic (exact) mass is 223 g/mol. The van der Waals surface area contributed by atoms with Gasteiger partial charge >= 0.3 is 5.97 Å². The van der Waals surface area contributed by atoms with Gasteiger partial charge in [0.1, 0.15) is 11.8 Å². The molecule has 0 N–H and O–H groups in total. The topological polar surface area (TPSA) is 48.4 Å². The van der Waals surface area contributed by atoms with Gasteiger partial charge in [0.15, 0.2) is 0 Å². The van der Waals surface area contributed by atoms with Crippen LogP contribution < -0.4 is 0 Å². The molecule has 1 heterocycles. The highest BCUT2D eigenvalue weighted by Crippen LogP contribution is 2.03. The summed E-state index contributed by atoms with van der Waals surface area (Å²) in [5, 5.41) is 0. The second kappa shape index (κ2) is 6.23. The molecule has 0 fully saturated rings. The van der Waals surface area contributed by atoms with Gasteiger partial charge in [0, 0.05) is 12.3 Å². The van der Waals surface area contributed by atoms with Gasteiger partial charge in [-0.25, -0.2) is 9.78 Å². The van der Waals surface area contributed by atoms with E-state index < -0.39 is 5.97 Å². The van der Waals surface area contributed by atoms with Crippen molar-refractivity contribution in [2.45, 2.75) is 26.9 Å². The second-order valence-corrected chi connectivity index (χ2v) is 3.54. The molecule has 16 heavy (non-hydrogen) atoms. The van der Waals surface area contributed by atoms with Crippen LogP contribution in [0.2, 0.25) is 0 Å². The number of aromatic nitrogens is 1. The van der Waals surface area contributed by atoms with Gasteiger partial charge in [-0.3, -0.25) is 0 Å². The first kappa shape index (κ1) is 12.6. The van der Waals surface area contributed by atoms with Gasteiger partial charge in [-0.15, -0.1) is 0 Å². The molecule has 1 aromatic rings. The fourth-order valence-corrected chi connectivity index (χ4v) is 1.22. The number of ether oxygens (including phenoxy) is 2. The molecule has 0 saturated carbocycles. The van der Waals surface area contributed by atoms with E-state index in [9.17, 15) is 4.79 Å². The maximum absolute atomic E-state index is 11.6. The van der Waals surface area contributed by atoms with Crippen LogP contribution in [0.4, 0.5) is 0 Å². The fourth-order valence-electron chi connectivity index (χ4n) is 1.22. The Balaban J connectivity index is 2.52. The zero-order chi connectivity index (χ0) is 12.0. The molecule has 0 aliphatic carbocycles. The lowest BCUT2D eigenvalue weighted by molar-refractivity contribution is 0.00385. The van der Waals surface area contributed by atoms with E-state index in [0.29, 0.717) is 18.9 Å². The summed E-state index contributed by atoms with van der Waals surface area (Å²) >= 11 is 0. The van der Waals surface area contributed by atoms with Crippen molar-refractivity contribution >= 4 is 5.97 Å².